The summed E-state index contributed by atoms with van der Waals surface area (Å²) in [5, 5.41) is 16.1. The molecule has 0 bridgehead atoms. The number of benzene rings is 2. The maximum Gasteiger partial charge on any atom is 0.288 e. The van der Waals surface area contributed by atoms with Crippen molar-refractivity contribution in [2.45, 2.75) is 6.92 Å². The van der Waals surface area contributed by atoms with Crippen molar-refractivity contribution in [3.8, 4) is 0 Å². The van der Waals surface area contributed by atoms with Crippen LogP contribution in [0.2, 0.25) is 5.02 Å². The maximum absolute atomic E-state index is 10.9. The van der Waals surface area contributed by atoms with Crippen LogP contribution in [0.15, 0.2) is 53.6 Å². The second-order valence-electron chi connectivity index (χ2n) is 5.18. The van der Waals surface area contributed by atoms with Gasteiger partial charge in [-0.15, -0.1) is 0 Å². The number of rotatable bonds is 4. The van der Waals surface area contributed by atoms with E-state index < -0.39 is 4.92 Å². The van der Waals surface area contributed by atoms with Crippen molar-refractivity contribution in [3.05, 3.63) is 74.8 Å². The second-order valence-corrected chi connectivity index (χ2v) is 5.59. The van der Waals surface area contributed by atoms with Crippen molar-refractivity contribution in [2.75, 3.05) is 5.43 Å². The first-order chi connectivity index (χ1) is 11.5. The monoisotopic (exact) mass is 340 g/mol. The molecule has 1 N–H and O–H groups in total. The SMILES string of the molecule is Cc1cc(N/N=C/c2ccc(Cl)c([N+](=O)[O-])c2)nc2ccccc12. The van der Waals surface area contributed by atoms with Crippen LogP contribution in [0.5, 0.6) is 0 Å². The minimum Gasteiger partial charge on any atom is -0.261 e. The van der Waals surface area contributed by atoms with Gasteiger partial charge in [-0.1, -0.05) is 35.9 Å². The first kappa shape index (κ1) is 15.9. The summed E-state index contributed by atoms with van der Waals surface area (Å²) in [6.45, 7) is 2.00. The van der Waals surface area contributed by atoms with Gasteiger partial charge >= 0.3 is 0 Å². The Morgan fingerprint density at radius 1 is 1.25 bits per heavy atom. The first-order valence-corrected chi connectivity index (χ1v) is 7.52. The van der Waals surface area contributed by atoms with Crippen LogP contribution >= 0.6 is 11.6 Å². The van der Waals surface area contributed by atoms with Gasteiger partial charge in [-0.3, -0.25) is 15.5 Å². The zero-order valence-electron chi connectivity index (χ0n) is 12.7. The zero-order valence-corrected chi connectivity index (χ0v) is 13.5. The van der Waals surface area contributed by atoms with Gasteiger partial charge in [0, 0.05) is 17.0 Å². The Hall–Kier alpha value is -2.99. The number of hydrazone groups is 1. The summed E-state index contributed by atoms with van der Waals surface area (Å²) >= 11 is 5.78. The van der Waals surface area contributed by atoms with Crippen molar-refractivity contribution in [1.82, 2.24) is 4.98 Å². The fourth-order valence-corrected chi connectivity index (χ4v) is 2.52. The average molecular weight is 341 g/mol. The number of aromatic nitrogens is 1. The van der Waals surface area contributed by atoms with Gasteiger partial charge in [-0.05, 0) is 30.7 Å². The van der Waals surface area contributed by atoms with Crippen LogP contribution in [0.4, 0.5) is 11.5 Å². The fourth-order valence-electron chi connectivity index (χ4n) is 2.33. The van der Waals surface area contributed by atoms with Crippen LogP contribution < -0.4 is 5.43 Å². The zero-order chi connectivity index (χ0) is 17.1. The lowest BCUT2D eigenvalue weighted by Gasteiger charge is -2.05. The number of pyridine rings is 1. The summed E-state index contributed by atoms with van der Waals surface area (Å²) in [6, 6.07) is 14.2. The molecule has 3 aromatic rings. The van der Waals surface area contributed by atoms with Gasteiger partial charge in [0.25, 0.3) is 5.69 Å². The third-order valence-electron chi connectivity index (χ3n) is 3.48. The second kappa shape index (κ2) is 6.64. The standard InChI is InChI=1S/C17H13ClN4O2/c1-11-8-17(20-15-5-3-2-4-13(11)15)21-19-10-12-6-7-14(18)16(9-12)22(23)24/h2-10H,1H3,(H,20,21)/b19-10+. The summed E-state index contributed by atoms with van der Waals surface area (Å²) in [5.74, 6) is 0.603. The number of nitrogens with one attached hydrogen (secondary N) is 1. The van der Waals surface area contributed by atoms with Crippen LogP contribution in [-0.2, 0) is 0 Å². The van der Waals surface area contributed by atoms with Crippen molar-refractivity contribution in [3.63, 3.8) is 0 Å². The van der Waals surface area contributed by atoms with E-state index in [1.165, 1.54) is 18.3 Å². The maximum atomic E-state index is 10.9. The van der Waals surface area contributed by atoms with E-state index >= 15 is 0 Å². The lowest BCUT2D eigenvalue weighted by molar-refractivity contribution is -0.384. The number of hydrogen-bond acceptors (Lipinski definition) is 5. The molecule has 24 heavy (non-hydrogen) atoms. The minimum atomic E-state index is -0.526. The van der Waals surface area contributed by atoms with Gasteiger partial charge in [0.05, 0.1) is 16.7 Å². The highest BCUT2D eigenvalue weighted by Crippen LogP contribution is 2.24. The number of nitrogens with zero attached hydrogens (tertiary/aromatic N) is 3. The quantitative estimate of drug-likeness (QED) is 0.429. The highest BCUT2D eigenvalue weighted by molar-refractivity contribution is 6.32. The van der Waals surface area contributed by atoms with E-state index in [1.54, 1.807) is 6.07 Å². The molecule has 0 radical (unpaired) electrons. The Bertz CT molecular complexity index is 956. The Labute approximate surface area is 142 Å². The third kappa shape index (κ3) is 3.33. The van der Waals surface area contributed by atoms with Crippen LogP contribution in [0, 0.1) is 17.0 Å². The minimum absolute atomic E-state index is 0.0944. The van der Waals surface area contributed by atoms with Crippen LogP contribution in [0.3, 0.4) is 0 Å². The van der Waals surface area contributed by atoms with Crippen molar-refractivity contribution < 1.29 is 4.92 Å². The van der Waals surface area contributed by atoms with Crippen LogP contribution in [0.25, 0.3) is 10.9 Å². The number of anilines is 1. The summed E-state index contributed by atoms with van der Waals surface area (Å²) in [6.07, 6.45) is 1.48. The predicted octanol–water partition coefficient (Wildman–Crippen LogP) is 4.55. The van der Waals surface area contributed by atoms with E-state index in [-0.39, 0.29) is 10.7 Å². The van der Waals surface area contributed by atoms with Gasteiger partial charge in [-0.25, -0.2) is 4.98 Å². The average Bonchev–Trinajstić information content (AvgIpc) is 2.56. The molecule has 3 rings (SSSR count). The fraction of sp³-hybridized carbons (Fsp3) is 0.0588. The molecule has 7 heteroatoms. The van der Waals surface area contributed by atoms with Gasteiger partial charge < -0.3 is 0 Å². The van der Waals surface area contributed by atoms with Gasteiger partial charge in [-0.2, -0.15) is 5.10 Å². The normalized spacial score (nSPS) is 11.1. The summed E-state index contributed by atoms with van der Waals surface area (Å²) in [5.41, 5.74) is 5.21. The van der Waals surface area contributed by atoms with E-state index in [2.05, 4.69) is 15.5 Å². The molecule has 0 aliphatic heterocycles. The first-order valence-electron chi connectivity index (χ1n) is 7.14. The molecule has 0 unspecified atom stereocenters. The number of hydrogen-bond donors (Lipinski definition) is 1. The number of aryl methyl sites for hydroxylation is 1. The van der Waals surface area contributed by atoms with Crippen LogP contribution in [0.1, 0.15) is 11.1 Å². The van der Waals surface area contributed by atoms with E-state index in [0.29, 0.717) is 11.4 Å². The summed E-state index contributed by atoms with van der Waals surface area (Å²) in [4.78, 5) is 14.8. The van der Waals surface area contributed by atoms with Gasteiger partial charge in [0.2, 0.25) is 0 Å². The molecular formula is C17H13ClN4O2. The molecule has 0 saturated carbocycles. The van der Waals surface area contributed by atoms with Crippen molar-refractivity contribution in [1.29, 1.82) is 0 Å². The summed E-state index contributed by atoms with van der Waals surface area (Å²) in [7, 11) is 0. The molecule has 0 aliphatic rings. The topological polar surface area (TPSA) is 80.4 Å². The van der Waals surface area contributed by atoms with Gasteiger partial charge in [0.15, 0.2) is 0 Å². The van der Waals surface area contributed by atoms with E-state index in [9.17, 15) is 10.1 Å². The molecule has 2 aromatic carbocycles. The molecule has 0 saturated heterocycles. The van der Waals surface area contributed by atoms with Crippen molar-refractivity contribution >= 4 is 40.2 Å². The molecule has 120 valence electrons. The van der Waals surface area contributed by atoms with Gasteiger partial charge in [0.1, 0.15) is 10.8 Å². The number of nitro benzene ring substituents is 1. The summed E-state index contributed by atoms with van der Waals surface area (Å²) < 4.78 is 0. The highest BCUT2D eigenvalue weighted by Gasteiger charge is 2.11. The molecule has 1 aromatic heterocycles. The molecule has 0 spiro atoms. The van der Waals surface area contributed by atoms with E-state index in [4.69, 9.17) is 11.6 Å². The van der Waals surface area contributed by atoms with E-state index in [1.807, 2.05) is 37.3 Å². The molecule has 0 atom stereocenters. The molecular weight excluding hydrogens is 328 g/mol. The molecule has 1 heterocycles. The number of nitro groups is 1. The van der Waals surface area contributed by atoms with Crippen LogP contribution in [-0.4, -0.2) is 16.1 Å². The Morgan fingerprint density at radius 3 is 2.83 bits per heavy atom. The Kier molecular flexibility index (Phi) is 4.39. The number of fused-ring (bicyclic) bond motifs is 1. The highest BCUT2D eigenvalue weighted by atomic mass is 35.5. The smallest absolute Gasteiger partial charge is 0.261 e. The van der Waals surface area contributed by atoms with E-state index in [0.717, 1.165) is 16.5 Å². The van der Waals surface area contributed by atoms with Crippen molar-refractivity contribution in [2.24, 2.45) is 5.10 Å². The predicted molar refractivity (Wildman–Crippen MR) is 95.8 cm³/mol. The Balaban J connectivity index is 1.82. The largest absolute Gasteiger partial charge is 0.288 e. The molecule has 0 amide bonds. The Morgan fingerprint density at radius 2 is 2.04 bits per heavy atom. The molecule has 6 nitrogen and oxygen atoms in total. The molecule has 0 aliphatic carbocycles. The number of halogens is 1. The lowest BCUT2D eigenvalue weighted by atomic mass is 10.1. The molecule has 0 fully saturated rings. The lowest BCUT2D eigenvalue weighted by Crippen LogP contribution is -1.96. The third-order valence-corrected chi connectivity index (χ3v) is 3.80. The number of para-hydroxylation sites is 1.